The van der Waals surface area contributed by atoms with E-state index in [0.29, 0.717) is 45.3 Å². The number of hydrogen-bond acceptors (Lipinski definition) is 5. The van der Waals surface area contributed by atoms with Crippen LogP contribution in [0.3, 0.4) is 0 Å². The smallest absolute Gasteiger partial charge is 0.319 e. The number of nitrogens with one attached hydrogen (secondary N) is 1. The minimum Gasteiger partial charge on any atom is -0.389 e. The fourth-order valence-corrected chi connectivity index (χ4v) is 3.91. The molecule has 146 valence electrons. The van der Waals surface area contributed by atoms with E-state index in [-0.39, 0.29) is 5.78 Å². The highest BCUT2D eigenvalue weighted by Gasteiger charge is 2.51. The second-order valence-electron chi connectivity index (χ2n) is 7.10. The van der Waals surface area contributed by atoms with Gasteiger partial charge in [-0.3, -0.25) is 14.5 Å². The molecule has 2 fully saturated rings. The molecule has 27 heavy (non-hydrogen) atoms. The van der Waals surface area contributed by atoms with Crippen molar-refractivity contribution in [3.05, 3.63) is 35.9 Å². The summed E-state index contributed by atoms with van der Waals surface area (Å²) in [6, 6.07) is 8.44. The van der Waals surface area contributed by atoms with Crippen LogP contribution in [0.5, 0.6) is 0 Å². The second kappa shape index (κ2) is 8.06. The summed E-state index contributed by atoms with van der Waals surface area (Å²) in [7, 11) is 0. The number of likely N-dealkylation sites (tertiary alicyclic amines) is 2. The third-order valence-corrected chi connectivity index (χ3v) is 5.36. The van der Waals surface area contributed by atoms with Crippen molar-refractivity contribution in [3.63, 3.8) is 0 Å². The molecule has 0 saturated carbocycles. The van der Waals surface area contributed by atoms with Gasteiger partial charge >= 0.3 is 6.03 Å². The number of carbonyl (C=O) groups excluding carboxylic acids is 3. The first-order chi connectivity index (χ1) is 13.0. The molecule has 0 aliphatic carbocycles. The molecule has 1 aromatic rings. The number of nitrogens with two attached hydrogens (primary N) is 1. The van der Waals surface area contributed by atoms with Crippen molar-refractivity contribution < 1.29 is 19.5 Å². The van der Waals surface area contributed by atoms with Gasteiger partial charge in [0.25, 0.3) is 5.91 Å². The van der Waals surface area contributed by atoms with E-state index in [1.807, 2.05) is 30.3 Å². The van der Waals surface area contributed by atoms with Gasteiger partial charge in [-0.2, -0.15) is 0 Å². The fourth-order valence-electron chi connectivity index (χ4n) is 3.91. The van der Waals surface area contributed by atoms with Crippen molar-refractivity contribution in [2.75, 3.05) is 19.7 Å². The van der Waals surface area contributed by atoms with Crippen LogP contribution in [0, 0.1) is 0 Å². The van der Waals surface area contributed by atoms with E-state index in [0.717, 1.165) is 5.56 Å². The SMILES string of the molecule is N[C@@]1(C(=O)N2CCC[C@H]2C(=O)CO)CCCN1C(=O)NCc1ccccc1. The molecule has 0 spiro atoms. The van der Waals surface area contributed by atoms with E-state index in [1.165, 1.54) is 9.80 Å². The monoisotopic (exact) mass is 374 g/mol. The van der Waals surface area contributed by atoms with Gasteiger partial charge < -0.3 is 21.1 Å². The molecule has 2 saturated heterocycles. The molecule has 0 radical (unpaired) electrons. The van der Waals surface area contributed by atoms with Gasteiger partial charge in [0.15, 0.2) is 11.4 Å². The van der Waals surface area contributed by atoms with E-state index in [2.05, 4.69) is 5.32 Å². The van der Waals surface area contributed by atoms with Gasteiger partial charge in [0.05, 0.1) is 6.04 Å². The number of nitrogens with zero attached hydrogens (tertiary/aromatic N) is 2. The molecule has 8 heteroatoms. The van der Waals surface area contributed by atoms with Crippen LogP contribution < -0.4 is 11.1 Å². The number of aliphatic hydroxyl groups is 1. The van der Waals surface area contributed by atoms with Crippen molar-refractivity contribution in [1.82, 2.24) is 15.1 Å². The van der Waals surface area contributed by atoms with Gasteiger partial charge in [-0.05, 0) is 31.2 Å². The molecular formula is C19H26N4O4. The van der Waals surface area contributed by atoms with E-state index >= 15 is 0 Å². The summed E-state index contributed by atoms with van der Waals surface area (Å²) in [5, 5.41) is 12.0. The summed E-state index contributed by atoms with van der Waals surface area (Å²) in [5.74, 6) is -0.804. The van der Waals surface area contributed by atoms with Crippen LogP contribution in [0.4, 0.5) is 4.79 Å². The molecule has 0 bridgehead atoms. The van der Waals surface area contributed by atoms with E-state index in [9.17, 15) is 14.4 Å². The van der Waals surface area contributed by atoms with Gasteiger partial charge in [0.1, 0.15) is 6.61 Å². The zero-order valence-electron chi connectivity index (χ0n) is 15.3. The van der Waals surface area contributed by atoms with Crippen LogP contribution in [0.25, 0.3) is 0 Å². The summed E-state index contributed by atoms with van der Waals surface area (Å²) in [6.45, 7) is 0.534. The van der Waals surface area contributed by atoms with Crippen LogP contribution >= 0.6 is 0 Å². The Morgan fingerprint density at radius 3 is 2.63 bits per heavy atom. The minimum atomic E-state index is -1.46. The molecule has 8 nitrogen and oxygen atoms in total. The Hall–Kier alpha value is -2.45. The number of Topliss-reactive ketones (excluding diaryl/α,β-unsaturated/α-hetero) is 1. The standard InChI is InChI=1S/C19H26N4O4/c20-19(17(26)22-10-4-8-15(22)16(25)13-24)9-5-11-23(19)18(27)21-12-14-6-2-1-3-7-14/h1-3,6-7,15,24H,4-5,8-13,20H2,(H,21,27)/t15-,19-/m0/s1. The number of urea groups is 1. The molecule has 4 N–H and O–H groups in total. The largest absolute Gasteiger partial charge is 0.389 e. The van der Waals surface area contributed by atoms with Crippen molar-refractivity contribution in [3.8, 4) is 0 Å². The van der Waals surface area contributed by atoms with Gasteiger partial charge in [-0.1, -0.05) is 30.3 Å². The normalized spacial score (nSPS) is 24.9. The molecule has 2 aliphatic rings. The average Bonchev–Trinajstić information content (AvgIpc) is 3.33. The van der Waals surface area contributed by atoms with E-state index in [1.54, 1.807) is 0 Å². The minimum absolute atomic E-state index is 0.343. The molecule has 1 aromatic carbocycles. The van der Waals surface area contributed by atoms with Crippen LogP contribution in [0.1, 0.15) is 31.2 Å². The van der Waals surface area contributed by atoms with Gasteiger partial charge in [-0.15, -0.1) is 0 Å². The number of hydrogen-bond donors (Lipinski definition) is 3. The van der Waals surface area contributed by atoms with Crippen molar-refractivity contribution >= 4 is 17.7 Å². The zero-order chi connectivity index (χ0) is 19.4. The lowest BCUT2D eigenvalue weighted by Crippen LogP contribution is -2.66. The molecule has 3 amide bonds. The maximum atomic E-state index is 13.1. The number of amides is 3. The Labute approximate surface area is 158 Å². The third-order valence-electron chi connectivity index (χ3n) is 5.36. The van der Waals surface area contributed by atoms with E-state index < -0.39 is 30.2 Å². The molecule has 2 atom stereocenters. The predicted octanol–water partition coefficient (Wildman–Crippen LogP) is 0.199. The first-order valence-electron chi connectivity index (χ1n) is 9.30. The summed E-state index contributed by atoms with van der Waals surface area (Å²) < 4.78 is 0. The lowest BCUT2D eigenvalue weighted by molar-refractivity contribution is -0.146. The fraction of sp³-hybridized carbons (Fsp3) is 0.526. The second-order valence-corrected chi connectivity index (χ2v) is 7.10. The Kier molecular flexibility index (Phi) is 5.76. The van der Waals surface area contributed by atoms with Crippen LogP contribution in [0.2, 0.25) is 0 Å². The molecule has 2 heterocycles. The number of benzene rings is 1. The number of ketones is 1. The Morgan fingerprint density at radius 2 is 1.93 bits per heavy atom. The number of carbonyl (C=O) groups is 3. The highest BCUT2D eigenvalue weighted by Crippen LogP contribution is 2.30. The van der Waals surface area contributed by atoms with Crippen LogP contribution in [0.15, 0.2) is 30.3 Å². The lowest BCUT2D eigenvalue weighted by Gasteiger charge is -2.38. The van der Waals surface area contributed by atoms with E-state index in [4.69, 9.17) is 10.8 Å². The Balaban J connectivity index is 1.70. The van der Waals surface area contributed by atoms with Crippen LogP contribution in [-0.2, 0) is 16.1 Å². The Bertz CT molecular complexity index is 711. The summed E-state index contributed by atoms with van der Waals surface area (Å²) >= 11 is 0. The van der Waals surface area contributed by atoms with Gasteiger partial charge in [-0.25, -0.2) is 4.79 Å². The van der Waals surface area contributed by atoms with Crippen molar-refractivity contribution in [2.24, 2.45) is 5.73 Å². The third kappa shape index (κ3) is 3.81. The maximum Gasteiger partial charge on any atom is 0.319 e. The molecule has 3 rings (SSSR count). The molecule has 0 unspecified atom stereocenters. The highest BCUT2D eigenvalue weighted by molar-refractivity contribution is 5.95. The summed E-state index contributed by atoms with van der Waals surface area (Å²) in [5.41, 5.74) is 5.89. The summed E-state index contributed by atoms with van der Waals surface area (Å²) in [6.07, 6.45) is 2.16. The predicted molar refractivity (Wildman–Crippen MR) is 98.4 cm³/mol. The average molecular weight is 374 g/mol. The number of rotatable bonds is 5. The van der Waals surface area contributed by atoms with Gasteiger partial charge in [0, 0.05) is 19.6 Å². The first-order valence-corrected chi connectivity index (χ1v) is 9.30. The highest BCUT2D eigenvalue weighted by atomic mass is 16.3. The molecule has 2 aliphatic heterocycles. The lowest BCUT2D eigenvalue weighted by atomic mass is 10.0. The number of aliphatic hydroxyl groups excluding tert-OH is 1. The Morgan fingerprint density at radius 1 is 1.19 bits per heavy atom. The topological polar surface area (TPSA) is 116 Å². The molecular weight excluding hydrogens is 348 g/mol. The van der Waals surface area contributed by atoms with Crippen molar-refractivity contribution in [2.45, 2.75) is 43.9 Å². The van der Waals surface area contributed by atoms with Crippen molar-refractivity contribution in [1.29, 1.82) is 0 Å². The van der Waals surface area contributed by atoms with Gasteiger partial charge in [0.2, 0.25) is 0 Å². The van der Waals surface area contributed by atoms with Crippen LogP contribution in [-0.4, -0.2) is 64.0 Å². The zero-order valence-corrected chi connectivity index (χ0v) is 15.3. The molecule has 0 aromatic heterocycles. The maximum absolute atomic E-state index is 13.1. The quantitative estimate of drug-likeness (QED) is 0.681. The summed E-state index contributed by atoms with van der Waals surface area (Å²) in [4.78, 5) is 40.6. The first kappa shape index (κ1) is 19.3.